The number of carbonyl (C=O) groups excluding carboxylic acids is 1. The van der Waals surface area contributed by atoms with Crippen LogP contribution in [0.3, 0.4) is 0 Å². The van der Waals surface area contributed by atoms with E-state index in [2.05, 4.69) is 36.3 Å². The van der Waals surface area contributed by atoms with Gasteiger partial charge >= 0.3 is 0 Å². The standard InChI is InChI=1S/C17H13BrN6O/c1-10-7-11(2)22-17(21-10)24-15(12(8-19)9-20-24)23-16(25)13-5-3-4-6-14(13)18/h3-7,9H,1-2H3,(H,23,25). The maximum Gasteiger partial charge on any atom is 0.257 e. The first-order chi connectivity index (χ1) is 12.0. The van der Waals surface area contributed by atoms with Crippen LogP contribution in [0.4, 0.5) is 5.82 Å². The van der Waals surface area contributed by atoms with Crippen molar-refractivity contribution in [2.45, 2.75) is 13.8 Å². The first-order valence-electron chi connectivity index (χ1n) is 7.36. The number of benzene rings is 1. The molecule has 2 heterocycles. The normalized spacial score (nSPS) is 10.3. The molecule has 124 valence electrons. The van der Waals surface area contributed by atoms with Crippen molar-refractivity contribution in [2.24, 2.45) is 0 Å². The molecule has 0 radical (unpaired) electrons. The first-order valence-corrected chi connectivity index (χ1v) is 8.15. The van der Waals surface area contributed by atoms with Crippen LogP contribution in [0.5, 0.6) is 0 Å². The molecule has 3 aromatic rings. The number of halogens is 1. The third-order valence-electron chi connectivity index (χ3n) is 3.40. The number of aryl methyl sites for hydroxylation is 2. The Morgan fingerprint density at radius 1 is 1.24 bits per heavy atom. The van der Waals surface area contributed by atoms with E-state index < -0.39 is 0 Å². The molecule has 8 heteroatoms. The van der Waals surface area contributed by atoms with Gasteiger partial charge in [0.25, 0.3) is 11.9 Å². The van der Waals surface area contributed by atoms with Crippen molar-refractivity contribution < 1.29 is 4.79 Å². The zero-order valence-electron chi connectivity index (χ0n) is 13.5. The van der Waals surface area contributed by atoms with E-state index in [9.17, 15) is 10.1 Å². The number of hydrogen-bond acceptors (Lipinski definition) is 5. The molecule has 1 amide bonds. The third kappa shape index (κ3) is 3.41. The van der Waals surface area contributed by atoms with Gasteiger partial charge in [0.2, 0.25) is 0 Å². The second-order valence-electron chi connectivity index (χ2n) is 5.32. The second-order valence-corrected chi connectivity index (χ2v) is 6.17. The number of aromatic nitrogens is 4. The Kier molecular flexibility index (Phi) is 4.59. The van der Waals surface area contributed by atoms with Crippen LogP contribution in [0.15, 0.2) is 41.0 Å². The summed E-state index contributed by atoms with van der Waals surface area (Å²) in [4.78, 5) is 21.2. The fraction of sp³-hybridized carbons (Fsp3) is 0.118. The van der Waals surface area contributed by atoms with E-state index >= 15 is 0 Å². The van der Waals surface area contributed by atoms with Crippen LogP contribution < -0.4 is 5.32 Å². The van der Waals surface area contributed by atoms with Gasteiger partial charge in [-0.1, -0.05) is 12.1 Å². The van der Waals surface area contributed by atoms with Crippen molar-refractivity contribution in [2.75, 3.05) is 5.32 Å². The highest BCUT2D eigenvalue weighted by Crippen LogP contribution is 2.21. The van der Waals surface area contributed by atoms with Crippen LogP contribution >= 0.6 is 15.9 Å². The monoisotopic (exact) mass is 396 g/mol. The molecule has 0 spiro atoms. The molecule has 0 saturated heterocycles. The maximum absolute atomic E-state index is 12.6. The molecule has 0 aliphatic rings. The first kappa shape index (κ1) is 16.8. The average Bonchev–Trinajstić information content (AvgIpc) is 2.97. The number of carbonyl (C=O) groups is 1. The predicted molar refractivity (Wildman–Crippen MR) is 95.4 cm³/mol. The molecule has 0 aliphatic heterocycles. The highest BCUT2D eigenvalue weighted by atomic mass is 79.9. The van der Waals surface area contributed by atoms with Crippen molar-refractivity contribution in [1.29, 1.82) is 5.26 Å². The lowest BCUT2D eigenvalue weighted by atomic mass is 10.2. The van der Waals surface area contributed by atoms with E-state index in [0.29, 0.717) is 16.0 Å². The molecule has 1 aromatic carbocycles. The summed E-state index contributed by atoms with van der Waals surface area (Å²) in [5.74, 6) is 0.157. The molecule has 0 aliphatic carbocycles. The van der Waals surface area contributed by atoms with Gasteiger partial charge in [-0.15, -0.1) is 0 Å². The molecule has 0 atom stereocenters. The van der Waals surface area contributed by atoms with Crippen molar-refractivity contribution in [3.8, 4) is 12.0 Å². The summed E-state index contributed by atoms with van der Waals surface area (Å²) >= 11 is 3.35. The second kappa shape index (κ2) is 6.83. The summed E-state index contributed by atoms with van der Waals surface area (Å²) in [6.45, 7) is 3.68. The number of nitrogens with one attached hydrogen (secondary N) is 1. The number of nitrogens with zero attached hydrogens (tertiary/aromatic N) is 5. The summed E-state index contributed by atoms with van der Waals surface area (Å²) in [5.41, 5.74) is 2.20. The van der Waals surface area contributed by atoms with Crippen LogP contribution in [-0.4, -0.2) is 25.7 Å². The third-order valence-corrected chi connectivity index (χ3v) is 4.09. The number of hydrogen-bond donors (Lipinski definition) is 1. The van der Waals surface area contributed by atoms with Gasteiger partial charge in [-0.3, -0.25) is 4.79 Å². The van der Waals surface area contributed by atoms with Crippen molar-refractivity contribution in [1.82, 2.24) is 19.7 Å². The largest absolute Gasteiger partial charge is 0.305 e. The Labute approximate surface area is 152 Å². The van der Waals surface area contributed by atoms with Crippen LogP contribution in [0.1, 0.15) is 27.3 Å². The van der Waals surface area contributed by atoms with E-state index in [1.165, 1.54) is 10.9 Å². The van der Waals surface area contributed by atoms with Gasteiger partial charge in [-0.05, 0) is 48.0 Å². The van der Waals surface area contributed by atoms with Crippen molar-refractivity contribution in [3.63, 3.8) is 0 Å². The van der Waals surface area contributed by atoms with Gasteiger partial charge in [0.1, 0.15) is 11.6 Å². The zero-order chi connectivity index (χ0) is 18.0. The van der Waals surface area contributed by atoms with Gasteiger partial charge in [0, 0.05) is 15.9 Å². The fourth-order valence-electron chi connectivity index (χ4n) is 2.32. The number of amides is 1. The molecule has 0 saturated carbocycles. The number of nitriles is 1. The molecule has 2 aromatic heterocycles. The van der Waals surface area contributed by atoms with E-state index in [0.717, 1.165) is 11.4 Å². The zero-order valence-corrected chi connectivity index (χ0v) is 15.1. The van der Waals surface area contributed by atoms with Crippen LogP contribution in [0.25, 0.3) is 5.95 Å². The van der Waals surface area contributed by atoms with Gasteiger partial charge < -0.3 is 5.32 Å². The molecule has 3 rings (SSSR count). The quantitative estimate of drug-likeness (QED) is 0.732. The Morgan fingerprint density at radius 2 is 1.92 bits per heavy atom. The smallest absolute Gasteiger partial charge is 0.257 e. The van der Waals surface area contributed by atoms with Gasteiger partial charge in [-0.25, -0.2) is 9.97 Å². The van der Waals surface area contributed by atoms with Crippen LogP contribution in [0, 0.1) is 25.2 Å². The van der Waals surface area contributed by atoms with E-state index in [-0.39, 0.29) is 17.3 Å². The highest BCUT2D eigenvalue weighted by molar-refractivity contribution is 9.10. The molecular weight excluding hydrogens is 384 g/mol. The Hall–Kier alpha value is -3.05. The van der Waals surface area contributed by atoms with Gasteiger partial charge in [0.15, 0.2) is 5.82 Å². The number of rotatable bonds is 3. The molecular formula is C17H13BrN6O. The summed E-state index contributed by atoms with van der Waals surface area (Å²) in [5, 5.41) is 16.2. The van der Waals surface area contributed by atoms with Crippen LogP contribution in [-0.2, 0) is 0 Å². The van der Waals surface area contributed by atoms with Crippen molar-refractivity contribution >= 4 is 27.7 Å². The van der Waals surface area contributed by atoms with E-state index in [4.69, 9.17) is 0 Å². The topological polar surface area (TPSA) is 96.5 Å². The minimum Gasteiger partial charge on any atom is -0.305 e. The van der Waals surface area contributed by atoms with Crippen molar-refractivity contribution in [3.05, 3.63) is 63.5 Å². The molecule has 0 unspecified atom stereocenters. The minimum absolute atomic E-state index is 0.225. The minimum atomic E-state index is -0.366. The molecule has 0 bridgehead atoms. The Morgan fingerprint density at radius 3 is 2.56 bits per heavy atom. The molecule has 1 N–H and O–H groups in total. The molecule has 25 heavy (non-hydrogen) atoms. The average molecular weight is 397 g/mol. The summed E-state index contributed by atoms with van der Waals surface area (Å²) in [7, 11) is 0. The summed E-state index contributed by atoms with van der Waals surface area (Å²) < 4.78 is 2.01. The highest BCUT2D eigenvalue weighted by Gasteiger charge is 2.19. The lowest BCUT2D eigenvalue weighted by Crippen LogP contribution is -2.17. The Balaban J connectivity index is 2.04. The fourth-order valence-corrected chi connectivity index (χ4v) is 2.79. The lowest BCUT2D eigenvalue weighted by Gasteiger charge is -2.10. The number of anilines is 1. The summed E-state index contributed by atoms with van der Waals surface area (Å²) in [6.07, 6.45) is 1.37. The molecule has 7 nitrogen and oxygen atoms in total. The lowest BCUT2D eigenvalue weighted by molar-refractivity contribution is 0.102. The Bertz CT molecular complexity index is 984. The predicted octanol–water partition coefficient (Wildman–Crippen LogP) is 3.17. The maximum atomic E-state index is 12.6. The van der Waals surface area contributed by atoms with Gasteiger partial charge in [0.05, 0.1) is 11.8 Å². The van der Waals surface area contributed by atoms with E-state index in [1.54, 1.807) is 18.2 Å². The molecule has 0 fully saturated rings. The summed E-state index contributed by atoms with van der Waals surface area (Å²) in [6, 6.07) is 10.9. The van der Waals surface area contributed by atoms with Crippen LogP contribution in [0.2, 0.25) is 0 Å². The van der Waals surface area contributed by atoms with Gasteiger partial charge in [-0.2, -0.15) is 15.0 Å². The SMILES string of the molecule is Cc1cc(C)nc(-n2ncc(C#N)c2NC(=O)c2ccccc2Br)n1. The van der Waals surface area contributed by atoms with E-state index in [1.807, 2.05) is 32.0 Å².